The smallest absolute Gasteiger partial charge is 0.416 e. The van der Waals surface area contributed by atoms with Crippen LogP contribution in [0.4, 0.5) is 18.0 Å². The lowest BCUT2D eigenvalue weighted by atomic mass is 9.93. The summed E-state index contributed by atoms with van der Waals surface area (Å²) in [5.41, 5.74) is -0.0354. The number of benzene rings is 1. The van der Waals surface area contributed by atoms with Crippen LogP contribution < -0.4 is 5.32 Å². The molecule has 1 fully saturated rings. The van der Waals surface area contributed by atoms with Crippen LogP contribution >= 0.6 is 11.8 Å². The van der Waals surface area contributed by atoms with E-state index in [-0.39, 0.29) is 30.0 Å². The van der Waals surface area contributed by atoms with Crippen molar-refractivity contribution in [1.82, 2.24) is 20.4 Å². The van der Waals surface area contributed by atoms with E-state index >= 15 is 0 Å². The van der Waals surface area contributed by atoms with Crippen LogP contribution in [0.15, 0.2) is 46.6 Å². The van der Waals surface area contributed by atoms with E-state index in [1.54, 1.807) is 6.92 Å². The largest absolute Gasteiger partial charge is 0.416 e. The number of hydrogen-bond acceptors (Lipinski definition) is 6. The molecular weight excluding hydrogens is 421 g/mol. The fraction of sp³-hybridized carbons (Fsp3) is 0.368. The Morgan fingerprint density at radius 1 is 1.27 bits per heavy atom. The third-order valence-electron chi connectivity index (χ3n) is 4.58. The Morgan fingerprint density at radius 3 is 2.60 bits per heavy atom. The highest BCUT2D eigenvalue weighted by atomic mass is 32.2. The van der Waals surface area contributed by atoms with Crippen LogP contribution in [-0.2, 0) is 23.1 Å². The van der Waals surface area contributed by atoms with E-state index in [1.165, 1.54) is 30.0 Å². The number of carbonyl (C=O) groups excluding carboxylic acids is 2. The molecule has 0 bridgehead atoms. The number of rotatable bonds is 7. The molecule has 2 unspecified atom stereocenters. The summed E-state index contributed by atoms with van der Waals surface area (Å²) in [5.74, 6) is -0.314. The number of alkyl halides is 3. The molecule has 1 N–H and O–H groups in total. The molecule has 11 heteroatoms. The zero-order valence-electron chi connectivity index (χ0n) is 16.0. The Morgan fingerprint density at radius 2 is 1.97 bits per heavy atom. The molecule has 1 aliphatic heterocycles. The van der Waals surface area contributed by atoms with Gasteiger partial charge < -0.3 is 9.73 Å². The molecule has 0 aliphatic carbocycles. The van der Waals surface area contributed by atoms with Gasteiger partial charge in [0.1, 0.15) is 0 Å². The van der Waals surface area contributed by atoms with Crippen molar-refractivity contribution >= 4 is 23.7 Å². The van der Waals surface area contributed by atoms with Crippen molar-refractivity contribution in [3.8, 4) is 0 Å². The number of aromatic nitrogens is 2. The molecule has 1 aromatic carbocycles. The van der Waals surface area contributed by atoms with Gasteiger partial charge in [0, 0.05) is 24.8 Å². The predicted molar refractivity (Wildman–Crippen MR) is 102 cm³/mol. The van der Waals surface area contributed by atoms with E-state index < -0.39 is 29.7 Å². The average Bonchev–Trinajstić information content (AvgIpc) is 3.14. The Balaban J connectivity index is 1.60. The van der Waals surface area contributed by atoms with Crippen LogP contribution in [-0.4, -0.2) is 39.6 Å². The number of nitrogens with zero attached hydrogens (tertiary/aromatic N) is 3. The van der Waals surface area contributed by atoms with Crippen molar-refractivity contribution in [1.29, 1.82) is 0 Å². The first-order valence-corrected chi connectivity index (χ1v) is 10.0. The Labute approximate surface area is 174 Å². The summed E-state index contributed by atoms with van der Waals surface area (Å²) in [5, 5.41) is 10.8. The van der Waals surface area contributed by atoms with Gasteiger partial charge in [-0.05, 0) is 24.6 Å². The van der Waals surface area contributed by atoms with Crippen LogP contribution in [0.2, 0.25) is 0 Å². The van der Waals surface area contributed by atoms with Crippen molar-refractivity contribution in [3.63, 3.8) is 0 Å². The second kappa shape index (κ2) is 8.90. The maximum atomic E-state index is 12.6. The number of carbonyl (C=O) groups is 2. The summed E-state index contributed by atoms with van der Waals surface area (Å²) in [6.07, 6.45) is -2.75. The number of hydrogen-bond donors (Lipinski definition) is 1. The summed E-state index contributed by atoms with van der Waals surface area (Å²) in [6, 6.07) is 3.96. The van der Waals surface area contributed by atoms with Gasteiger partial charge in [-0.2, -0.15) is 13.2 Å². The van der Waals surface area contributed by atoms with Gasteiger partial charge in [0.2, 0.25) is 11.8 Å². The van der Waals surface area contributed by atoms with E-state index in [9.17, 15) is 22.8 Å². The third kappa shape index (κ3) is 5.02. The molecule has 0 radical (unpaired) electrons. The summed E-state index contributed by atoms with van der Waals surface area (Å²) in [7, 11) is 0. The molecule has 0 spiro atoms. The summed E-state index contributed by atoms with van der Waals surface area (Å²) >= 11 is 1.18. The maximum absolute atomic E-state index is 12.6. The number of nitrogens with one attached hydrogen (secondary N) is 1. The SMILES string of the molecule is C=CCN1C(=O)NC(C)C(Cc2nnc(SCc3ccc(C(F)(F)F)cc3)o2)C1=O. The number of urea groups is 1. The van der Waals surface area contributed by atoms with E-state index in [2.05, 4.69) is 22.1 Å². The first-order chi connectivity index (χ1) is 14.2. The van der Waals surface area contributed by atoms with E-state index in [0.29, 0.717) is 11.3 Å². The maximum Gasteiger partial charge on any atom is 0.416 e. The Bertz CT molecular complexity index is 930. The van der Waals surface area contributed by atoms with Gasteiger partial charge in [-0.15, -0.1) is 16.8 Å². The van der Waals surface area contributed by atoms with Gasteiger partial charge in [0.15, 0.2) is 0 Å². The second-order valence-corrected chi connectivity index (χ2v) is 7.66. The van der Waals surface area contributed by atoms with Crippen molar-refractivity contribution in [3.05, 3.63) is 53.9 Å². The van der Waals surface area contributed by atoms with Gasteiger partial charge in [0.25, 0.3) is 5.22 Å². The summed E-state index contributed by atoms with van der Waals surface area (Å²) in [6.45, 7) is 5.37. The molecule has 1 aliphatic rings. The van der Waals surface area contributed by atoms with Gasteiger partial charge in [-0.3, -0.25) is 9.69 Å². The number of thioether (sulfide) groups is 1. The lowest BCUT2D eigenvalue weighted by Gasteiger charge is -2.34. The lowest BCUT2D eigenvalue weighted by molar-refractivity contribution is -0.137. The standard InChI is InChI=1S/C19H19F3N4O3S/c1-3-8-26-16(27)14(11(2)23-17(26)28)9-15-24-25-18(29-15)30-10-12-4-6-13(7-5-12)19(20,21)22/h3-7,11,14H,1,8-10H2,2H3,(H,23,28). The van der Waals surface area contributed by atoms with Crippen molar-refractivity contribution in [2.45, 2.75) is 36.5 Å². The third-order valence-corrected chi connectivity index (χ3v) is 5.47. The highest BCUT2D eigenvalue weighted by Gasteiger charge is 2.39. The van der Waals surface area contributed by atoms with E-state index in [4.69, 9.17) is 4.42 Å². The minimum Gasteiger partial charge on any atom is -0.416 e. The molecule has 0 saturated carbocycles. The van der Waals surface area contributed by atoms with Crippen molar-refractivity contribution in [2.24, 2.45) is 5.92 Å². The van der Waals surface area contributed by atoms with Crippen molar-refractivity contribution < 1.29 is 27.2 Å². The number of halogens is 3. The number of imide groups is 1. The van der Waals surface area contributed by atoms with Crippen molar-refractivity contribution in [2.75, 3.05) is 6.54 Å². The van der Waals surface area contributed by atoms with Gasteiger partial charge in [-0.25, -0.2) is 4.79 Å². The minimum absolute atomic E-state index is 0.103. The van der Waals surface area contributed by atoms with Gasteiger partial charge in [-0.1, -0.05) is 30.0 Å². The Hall–Kier alpha value is -2.82. The predicted octanol–water partition coefficient (Wildman–Crippen LogP) is 3.67. The molecule has 2 aromatic rings. The molecule has 7 nitrogen and oxygen atoms in total. The Kier molecular flexibility index (Phi) is 6.49. The van der Waals surface area contributed by atoms with E-state index in [0.717, 1.165) is 17.0 Å². The molecule has 3 amide bonds. The van der Waals surface area contributed by atoms with Gasteiger partial charge >= 0.3 is 12.2 Å². The van der Waals surface area contributed by atoms with Gasteiger partial charge in [0.05, 0.1) is 11.5 Å². The first-order valence-electron chi connectivity index (χ1n) is 9.03. The number of amides is 3. The molecule has 160 valence electrons. The fourth-order valence-corrected chi connectivity index (χ4v) is 3.69. The molecule has 30 heavy (non-hydrogen) atoms. The first kappa shape index (κ1) is 21.9. The molecule has 3 rings (SSSR count). The van der Waals surface area contributed by atoms with Crippen LogP contribution in [0.25, 0.3) is 0 Å². The normalized spacial score (nSPS) is 19.7. The summed E-state index contributed by atoms with van der Waals surface area (Å²) < 4.78 is 43.4. The topological polar surface area (TPSA) is 88.3 Å². The molecule has 1 aromatic heterocycles. The fourth-order valence-electron chi connectivity index (χ4n) is 2.96. The monoisotopic (exact) mass is 440 g/mol. The highest BCUT2D eigenvalue weighted by molar-refractivity contribution is 7.98. The lowest BCUT2D eigenvalue weighted by Crippen LogP contribution is -2.59. The molecule has 2 heterocycles. The zero-order valence-corrected chi connectivity index (χ0v) is 16.8. The molecule has 1 saturated heterocycles. The molecular formula is C19H19F3N4O3S. The van der Waals surface area contributed by atoms with Crippen LogP contribution in [0.1, 0.15) is 23.9 Å². The minimum atomic E-state index is -4.37. The van der Waals surface area contributed by atoms with E-state index in [1.807, 2.05) is 0 Å². The average molecular weight is 440 g/mol. The second-order valence-electron chi connectivity index (χ2n) is 6.73. The quantitative estimate of drug-likeness (QED) is 0.522. The highest BCUT2D eigenvalue weighted by Crippen LogP contribution is 2.30. The molecule has 2 atom stereocenters. The zero-order chi connectivity index (χ0) is 21.9. The van der Waals surface area contributed by atoms with Crippen LogP contribution in [0.3, 0.4) is 0 Å². The van der Waals surface area contributed by atoms with Crippen LogP contribution in [0.5, 0.6) is 0 Å². The van der Waals surface area contributed by atoms with Crippen LogP contribution in [0, 0.1) is 5.92 Å². The summed E-state index contributed by atoms with van der Waals surface area (Å²) in [4.78, 5) is 25.6.